The minimum absolute atomic E-state index is 0.0126. The minimum Gasteiger partial charge on any atom is -0.264 e. The number of aryl methyl sites for hydroxylation is 1. The second-order valence-corrected chi connectivity index (χ2v) is 7.88. The molecule has 0 fully saturated rings. The smallest absolute Gasteiger partial charge is 0.264 e. The topological polar surface area (TPSA) is 37.4 Å². The Labute approximate surface area is 141 Å². The van der Waals surface area contributed by atoms with E-state index in [4.69, 9.17) is 23.2 Å². The molecule has 0 spiro atoms. The molecule has 0 bridgehead atoms. The average Bonchev–Trinajstić information content (AvgIpc) is 2.43. The summed E-state index contributed by atoms with van der Waals surface area (Å²) in [5.74, 6) is 0. The molecule has 2 rings (SSSR count). The SMILES string of the molecule is Cc1ccccc1N(C(C)C)S(=O)(=O)c1cc(Cl)ccc1Cl. The predicted octanol–water partition coefficient (Wildman–Crippen LogP) is 4.91. The van der Waals surface area contributed by atoms with E-state index in [-0.39, 0.29) is 16.0 Å². The third-order valence-corrected chi connectivity index (χ3v) is 5.96. The normalized spacial score (nSPS) is 11.7. The van der Waals surface area contributed by atoms with Gasteiger partial charge in [0.1, 0.15) is 4.90 Å². The molecule has 0 aromatic heterocycles. The number of benzene rings is 2. The maximum Gasteiger partial charge on any atom is 0.266 e. The molecule has 6 heteroatoms. The first kappa shape index (κ1) is 17.1. The number of para-hydroxylation sites is 1. The molecule has 3 nitrogen and oxygen atoms in total. The summed E-state index contributed by atoms with van der Waals surface area (Å²) in [6.07, 6.45) is 0. The number of nitrogens with zero attached hydrogens (tertiary/aromatic N) is 1. The Morgan fingerprint density at radius 2 is 1.68 bits per heavy atom. The summed E-state index contributed by atoms with van der Waals surface area (Å²) in [5, 5.41) is 0.486. The molecule has 0 unspecified atom stereocenters. The number of hydrogen-bond donors (Lipinski definition) is 0. The van der Waals surface area contributed by atoms with Crippen molar-refractivity contribution in [2.45, 2.75) is 31.7 Å². The maximum absolute atomic E-state index is 13.1. The van der Waals surface area contributed by atoms with Crippen LogP contribution in [0.3, 0.4) is 0 Å². The summed E-state index contributed by atoms with van der Waals surface area (Å²) in [7, 11) is -3.81. The molecule has 0 aliphatic rings. The van der Waals surface area contributed by atoms with Crippen LogP contribution in [0.1, 0.15) is 19.4 Å². The van der Waals surface area contributed by atoms with Crippen molar-refractivity contribution >= 4 is 38.9 Å². The number of hydrogen-bond acceptors (Lipinski definition) is 2. The van der Waals surface area contributed by atoms with Crippen LogP contribution in [0.4, 0.5) is 5.69 Å². The van der Waals surface area contributed by atoms with Gasteiger partial charge < -0.3 is 0 Å². The van der Waals surface area contributed by atoms with Gasteiger partial charge in [0.05, 0.1) is 10.7 Å². The van der Waals surface area contributed by atoms with E-state index < -0.39 is 10.0 Å². The van der Waals surface area contributed by atoms with Gasteiger partial charge in [-0.25, -0.2) is 8.42 Å². The van der Waals surface area contributed by atoms with Crippen molar-refractivity contribution in [1.29, 1.82) is 0 Å². The van der Waals surface area contributed by atoms with E-state index in [0.29, 0.717) is 10.7 Å². The van der Waals surface area contributed by atoms with Crippen LogP contribution in [-0.4, -0.2) is 14.5 Å². The summed E-state index contributed by atoms with van der Waals surface area (Å²) in [6, 6.07) is 11.5. The summed E-state index contributed by atoms with van der Waals surface area (Å²) >= 11 is 12.0. The molecular weight excluding hydrogens is 341 g/mol. The monoisotopic (exact) mass is 357 g/mol. The van der Waals surface area contributed by atoms with Crippen LogP contribution < -0.4 is 4.31 Å². The average molecular weight is 358 g/mol. The summed E-state index contributed by atoms with van der Waals surface area (Å²) < 4.78 is 27.5. The molecule has 0 aliphatic heterocycles. The highest BCUT2D eigenvalue weighted by atomic mass is 35.5. The molecule has 0 saturated carbocycles. The predicted molar refractivity (Wildman–Crippen MR) is 92.4 cm³/mol. The van der Waals surface area contributed by atoms with Gasteiger partial charge in [0.15, 0.2) is 0 Å². The van der Waals surface area contributed by atoms with Gasteiger partial charge in [-0.05, 0) is 50.6 Å². The first-order valence-corrected chi connectivity index (χ1v) is 9.00. The standard InChI is InChI=1S/C16H17Cl2NO2S/c1-11(2)19(15-7-5-4-6-12(15)3)22(20,21)16-10-13(17)8-9-14(16)18/h4-11H,1-3H3. The molecule has 2 aromatic rings. The molecule has 0 amide bonds. The van der Waals surface area contributed by atoms with Gasteiger partial charge in [0, 0.05) is 11.1 Å². The molecule has 0 N–H and O–H groups in total. The van der Waals surface area contributed by atoms with E-state index in [9.17, 15) is 8.42 Å². The Bertz CT molecular complexity index is 788. The van der Waals surface area contributed by atoms with Crippen molar-refractivity contribution in [3.05, 3.63) is 58.1 Å². The van der Waals surface area contributed by atoms with Crippen molar-refractivity contribution in [3.63, 3.8) is 0 Å². The van der Waals surface area contributed by atoms with E-state index in [1.165, 1.54) is 16.4 Å². The zero-order valence-electron chi connectivity index (χ0n) is 12.5. The van der Waals surface area contributed by atoms with Crippen LogP contribution in [0.2, 0.25) is 10.0 Å². The Hall–Kier alpha value is -1.23. The minimum atomic E-state index is -3.81. The number of sulfonamides is 1. The Kier molecular flexibility index (Phi) is 5.05. The molecule has 0 radical (unpaired) electrons. The van der Waals surface area contributed by atoms with Gasteiger partial charge in [0.25, 0.3) is 10.0 Å². The fourth-order valence-electron chi connectivity index (χ4n) is 2.28. The maximum atomic E-state index is 13.1. The summed E-state index contributed by atoms with van der Waals surface area (Å²) in [5.41, 5.74) is 1.51. The Balaban J connectivity index is 2.67. The number of anilines is 1. The van der Waals surface area contributed by atoms with Gasteiger partial charge in [-0.3, -0.25) is 4.31 Å². The van der Waals surface area contributed by atoms with Crippen molar-refractivity contribution in [2.24, 2.45) is 0 Å². The van der Waals surface area contributed by atoms with E-state index in [1.54, 1.807) is 12.1 Å². The third kappa shape index (κ3) is 3.24. The fourth-order valence-corrected chi connectivity index (χ4v) is 4.74. The zero-order chi connectivity index (χ0) is 16.5. The van der Waals surface area contributed by atoms with Crippen LogP contribution in [0, 0.1) is 6.92 Å². The first-order chi connectivity index (χ1) is 10.2. The number of halogens is 2. The lowest BCUT2D eigenvalue weighted by atomic mass is 10.2. The lowest BCUT2D eigenvalue weighted by Gasteiger charge is -2.30. The van der Waals surface area contributed by atoms with Crippen LogP contribution in [0.15, 0.2) is 47.4 Å². The summed E-state index contributed by atoms with van der Waals surface area (Å²) in [4.78, 5) is 0.0126. The lowest BCUT2D eigenvalue weighted by Crippen LogP contribution is -2.37. The molecule has 0 heterocycles. The van der Waals surface area contributed by atoms with E-state index >= 15 is 0 Å². The molecule has 0 atom stereocenters. The first-order valence-electron chi connectivity index (χ1n) is 6.80. The lowest BCUT2D eigenvalue weighted by molar-refractivity contribution is 0.584. The quantitative estimate of drug-likeness (QED) is 0.779. The van der Waals surface area contributed by atoms with Crippen LogP contribution >= 0.6 is 23.2 Å². The largest absolute Gasteiger partial charge is 0.266 e. The zero-order valence-corrected chi connectivity index (χ0v) is 14.9. The van der Waals surface area contributed by atoms with Crippen molar-refractivity contribution < 1.29 is 8.42 Å². The van der Waals surface area contributed by atoms with Crippen molar-refractivity contribution in [3.8, 4) is 0 Å². The van der Waals surface area contributed by atoms with Gasteiger partial charge in [-0.1, -0.05) is 41.4 Å². The molecule has 0 aliphatic carbocycles. The second-order valence-electron chi connectivity index (χ2n) is 5.26. The number of rotatable bonds is 4. The highest BCUT2D eigenvalue weighted by molar-refractivity contribution is 7.93. The third-order valence-electron chi connectivity index (χ3n) is 3.25. The summed E-state index contributed by atoms with van der Waals surface area (Å²) in [6.45, 7) is 5.52. The van der Waals surface area contributed by atoms with E-state index in [1.807, 2.05) is 39.0 Å². The molecule has 2 aromatic carbocycles. The van der Waals surface area contributed by atoms with E-state index in [2.05, 4.69) is 0 Å². The molecular formula is C16H17Cl2NO2S. The van der Waals surface area contributed by atoms with Gasteiger partial charge in [-0.15, -0.1) is 0 Å². The molecule has 0 saturated heterocycles. The van der Waals surface area contributed by atoms with Gasteiger partial charge in [-0.2, -0.15) is 0 Å². The fraction of sp³-hybridized carbons (Fsp3) is 0.250. The van der Waals surface area contributed by atoms with E-state index in [0.717, 1.165) is 5.56 Å². The van der Waals surface area contributed by atoms with Crippen molar-refractivity contribution in [2.75, 3.05) is 4.31 Å². The van der Waals surface area contributed by atoms with Gasteiger partial charge in [0.2, 0.25) is 0 Å². The van der Waals surface area contributed by atoms with Crippen LogP contribution in [-0.2, 0) is 10.0 Å². The van der Waals surface area contributed by atoms with Gasteiger partial charge >= 0.3 is 0 Å². The Morgan fingerprint density at radius 1 is 1.05 bits per heavy atom. The van der Waals surface area contributed by atoms with Crippen LogP contribution in [0.5, 0.6) is 0 Å². The van der Waals surface area contributed by atoms with Crippen LogP contribution in [0.25, 0.3) is 0 Å². The van der Waals surface area contributed by atoms with Crippen molar-refractivity contribution in [1.82, 2.24) is 0 Å². The highest BCUT2D eigenvalue weighted by Crippen LogP contribution is 2.33. The highest BCUT2D eigenvalue weighted by Gasteiger charge is 2.30. The Morgan fingerprint density at radius 3 is 2.27 bits per heavy atom. The second kappa shape index (κ2) is 6.49. The molecule has 118 valence electrons. The molecule has 22 heavy (non-hydrogen) atoms.